The number of nitrogens with two attached hydrogens (primary N) is 2. The quantitative estimate of drug-likeness (QED) is 0.322. The van der Waals surface area contributed by atoms with E-state index in [1.165, 1.54) is 12.1 Å². The van der Waals surface area contributed by atoms with Crippen molar-refractivity contribution in [2.75, 3.05) is 13.2 Å². The van der Waals surface area contributed by atoms with Crippen molar-refractivity contribution in [1.82, 2.24) is 10.9 Å². The van der Waals surface area contributed by atoms with E-state index in [9.17, 15) is 9.59 Å². The molecule has 20 heavy (non-hydrogen) atoms. The normalized spacial score (nSPS) is 9.80. The molecule has 2 amide bonds. The molecule has 6 N–H and O–H groups in total. The van der Waals surface area contributed by atoms with Crippen LogP contribution < -0.4 is 32.0 Å². The molecule has 0 spiro atoms. The second-order valence-corrected chi connectivity index (χ2v) is 3.66. The standard InChI is InChI=1S/C12H18N4O4/c1-3-19-9-5-8(12(18)16-14)10(20-4-2)6-7(9)11(17)15-13/h5-6H,3-4,13-14H2,1-2H3,(H,15,17)(H,16,18). The maximum absolute atomic E-state index is 11.7. The van der Waals surface area contributed by atoms with E-state index in [0.717, 1.165) is 0 Å². The number of carbonyl (C=O) groups excluding carboxylic acids is 2. The Morgan fingerprint density at radius 3 is 1.55 bits per heavy atom. The lowest BCUT2D eigenvalue weighted by Gasteiger charge is -2.15. The Bertz CT molecular complexity index is 459. The molecule has 0 atom stereocenters. The second-order valence-electron chi connectivity index (χ2n) is 3.66. The van der Waals surface area contributed by atoms with Crippen LogP contribution in [0.2, 0.25) is 0 Å². The van der Waals surface area contributed by atoms with Gasteiger partial charge in [0.05, 0.1) is 24.3 Å². The number of rotatable bonds is 6. The molecule has 110 valence electrons. The molecule has 1 aromatic carbocycles. The van der Waals surface area contributed by atoms with Gasteiger partial charge in [0.1, 0.15) is 11.5 Å². The lowest BCUT2D eigenvalue weighted by Crippen LogP contribution is -2.32. The van der Waals surface area contributed by atoms with Crippen molar-refractivity contribution in [1.29, 1.82) is 0 Å². The van der Waals surface area contributed by atoms with Crippen LogP contribution in [0.25, 0.3) is 0 Å². The van der Waals surface area contributed by atoms with E-state index >= 15 is 0 Å². The summed E-state index contributed by atoms with van der Waals surface area (Å²) in [6, 6.07) is 2.78. The molecular weight excluding hydrogens is 264 g/mol. The highest BCUT2D eigenvalue weighted by molar-refractivity contribution is 6.02. The molecule has 0 aliphatic heterocycles. The van der Waals surface area contributed by atoms with E-state index in [1.807, 2.05) is 10.9 Å². The summed E-state index contributed by atoms with van der Waals surface area (Å²) in [5.41, 5.74) is 4.37. The van der Waals surface area contributed by atoms with Gasteiger partial charge in [0.2, 0.25) is 0 Å². The van der Waals surface area contributed by atoms with Gasteiger partial charge in [0.25, 0.3) is 11.8 Å². The third-order valence-corrected chi connectivity index (χ3v) is 2.43. The zero-order chi connectivity index (χ0) is 15.1. The molecule has 0 aliphatic carbocycles. The number of nitrogen functional groups attached to an aromatic ring is 2. The summed E-state index contributed by atoms with van der Waals surface area (Å²) < 4.78 is 10.7. The van der Waals surface area contributed by atoms with Crippen molar-refractivity contribution >= 4 is 11.8 Å². The summed E-state index contributed by atoms with van der Waals surface area (Å²) in [7, 11) is 0. The van der Waals surface area contributed by atoms with Gasteiger partial charge in [-0.3, -0.25) is 20.4 Å². The third-order valence-electron chi connectivity index (χ3n) is 2.43. The summed E-state index contributed by atoms with van der Waals surface area (Å²) in [6.45, 7) is 4.15. The molecule has 0 aromatic heterocycles. The van der Waals surface area contributed by atoms with Crippen molar-refractivity contribution in [3.63, 3.8) is 0 Å². The molecule has 8 heteroatoms. The Kier molecular flexibility index (Phi) is 5.75. The van der Waals surface area contributed by atoms with Crippen molar-refractivity contribution in [2.24, 2.45) is 11.7 Å². The van der Waals surface area contributed by atoms with Gasteiger partial charge in [-0.05, 0) is 26.0 Å². The molecule has 0 saturated carbocycles. The predicted molar refractivity (Wildman–Crippen MR) is 72.1 cm³/mol. The van der Waals surface area contributed by atoms with Crippen molar-refractivity contribution in [2.45, 2.75) is 13.8 Å². The molecule has 8 nitrogen and oxygen atoms in total. The van der Waals surface area contributed by atoms with E-state index in [-0.39, 0.29) is 22.6 Å². The number of hydrazine groups is 2. The van der Waals surface area contributed by atoms with Crippen LogP contribution in [0.15, 0.2) is 12.1 Å². The Morgan fingerprint density at radius 1 is 0.950 bits per heavy atom. The number of hydrogen-bond donors (Lipinski definition) is 4. The first-order valence-corrected chi connectivity index (χ1v) is 6.04. The van der Waals surface area contributed by atoms with Crippen LogP contribution in [0.1, 0.15) is 34.6 Å². The van der Waals surface area contributed by atoms with Crippen LogP contribution in [0.4, 0.5) is 0 Å². The minimum atomic E-state index is -0.547. The fraction of sp³-hybridized carbons (Fsp3) is 0.333. The molecule has 0 fully saturated rings. The van der Waals surface area contributed by atoms with Gasteiger partial charge in [0, 0.05) is 0 Å². The van der Waals surface area contributed by atoms with E-state index < -0.39 is 11.8 Å². The third kappa shape index (κ3) is 3.37. The maximum atomic E-state index is 11.7. The highest BCUT2D eigenvalue weighted by atomic mass is 16.5. The first kappa shape index (κ1) is 15.7. The second kappa shape index (κ2) is 7.31. The fourth-order valence-corrected chi connectivity index (χ4v) is 1.62. The first-order chi connectivity index (χ1) is 9.58. The van der Waals surface area contributed by atoms with Gasteiger partial charge >= 0.3 is 0 Å². The Hall–Kier alpha value is -2.32. The van der Waals surface area contributed by atoms with Gasteiger partial charge in [-0.1, -0.05) is 0 Å². The average Bonchev–Trinajstić information content (AvgIpc) is 2.47. The molecule has 0 heterocycles. The van der Waals surface area contributed by atoms with Gasteiger partial charge in [-0.15, -0.1) is 0 Å². The van der Waals surface area contributed by atoms with Crippen LogP contribution in [0.3, 0.4) is 0 Å². The van der Waals surface area contributed by atoms with E-state index in [4.69, 9.17) is 21.2 Å². The lowest BCUT2D eigenvalue weighted by molar-refractivity contribution is 0.0935. The minimum absolute atomic E-state index is 0.173. The summed E-state index contributed by atoms with van der Waals surface area (Å²) >= 11 is 0. The molecule has 1 rings (SSSR count). The molecule has 0 aliphatic rings. The Labute approximate surface area is 116 Å². The zero-order valence-corrected chi connectivity index (χ0v) is 11.4. The van der Waals surface area contributed by atoms with E-state index in [0.29, 0.717) is 13.2 Å². The summed E-state index contributed by atoms with van der Waals surface area (Å²) in [4.78, 5) is 23.4. The van der Waals surface area contributed by atoms with Crippen LogP contribution in [-0.2, 0) is 0 Å². The largest absolute Gasteiger partial charge is 0.493 e. The molecule has 1 aromatic rings. The van der Waals surface area contributed by atoms with E-state index in [1.54, 1.807) is 13.8 Å². The Morgan fingerprint density at radius 2 is 1.30 bits per heavy atom. The van der Waals surface area contributed by atoms with Gasteiger partial charge < -0.3 is 9.47 Å². The smallest absolute Gasteiger partial charge is 0.269 e. The summed E-state index contributed by atoms with van der Waals surface area (Å²) in [6.07, 6.45) is 0. The van der Waals surface area contributed by atoms with Crippen LogP contribution in [0, 0.1) is 0 Å². The average molecular weight is 282 g/mol. The SMILES string of the molecule is CCOc1cc(C(=O)NN)c(OCC)cc1C(=O)NN. The number of nitrogens with one attached hydrogen (secondary N) is 2. The number of amides is 2. The fourth-order valence-electron chi connectivity index (χ4n) is 1.62. The summed E-state index contributed by atoms with van der Waals surface area (Å²) in [5, 5.41) is 0. The minimum Gasteiger partial charge on any atom is -0.493 e. The topological polar surface area (TPSA) is 129 Å². The number of benzene rings is 1. The maximum Gasteiger partial charge on any atom is 0.269 e. The first-order valence-electron chi connectivity index (χ1n) is 6.04. The van der Waals surface area contributed by atoms with Gasteiger partial charge in [-0.25, -0.2) is 11.7 Å². The number of carbonyl (C=O) groups is 2. The van der Waals surface area contributed by atoms with Gasteiger partial charge in [-0.2, -0.15) is 0 Å². The van der Waals surface area contributed by atoms with Crippen molar-refractivity contribution < 1.29 is 19.1 Å². The van der Waals surface area contributed by atoms with E-state index in [2.05, 4.69) is 0 Å². The lowest BCUT2D eigenvalue weighted by atomic mass is 10.1. The van der Waals surface area contributed by atoms with Crippen LogP contribution in [-0.4, -0.2) is 25.0 Å². The molecule has 0 radical (unpaired) electrons. The highest BCUT2D eigenvalue weighted by Gasteiger charge is 2.20. The monoisotopic (exact) mass is 282 g/mol. The zero-order valence-electron chi connectivity index (χ0n) is 11.4. The van der Waals surface area contributed by atoms with Crippen molar-refractivity contribution in [3.05, 3.63) is 23.3 Å². The predicted octanol–water partition coefficient (Wildman–Crippen LogP) is -0.309. The summed E-state index contributed by atoms with van der Waals surface area (Å²) in [5.74, 6) is 9.59. The van der Waals surface area contributed by atoms with Crippen molar-refractivity contribution in [3.8, 4) is 11.5 Å². The highest BCUT2D eigenvalue weighted by Crippen LogP contribution is 2.29. The van der Waals surface area contributed by atoms with Gasteiger partial charge in [0.15, 0.2) is 0 Å². The van der Waals surface area contributed by atoms with Crippen LogP contribution in [0.5, 0.6) is 11.5 Å². The molecule has 0 saturated heterocycles. The molecule has 0 bridgehead atoms. The van der Waals surface area contributed by atoms with Crippen LogP contribution >= 0.6 is 0 Å². The molecule has 0 unspecified atom stereocenters. The molecular formula is C12H18N4O4. The Balaban J connectivity index is 3.41. The number of hydrogen-bond acceptors (Lipinski definition) is 6. The number of ether oxygens (including phenoxy) is 2.